The molecule has 1 atom stereocenters. The van der Waals surface area contributed by atoms with E-state index in [2.05, 4.69) is 28.4 Å². The number of hydrogen-bond acceptors (Lipinski definition) is 5. The molecule has 2 N–H and O–H groups in total. The molecule has 7 heteroatoms. The van der Waals surface area contributed by atoms with Crippen LogP contribution in [0.1, 0.15) is 24.3 Å². The summed E-state index contributed by atoms with van der Waals surface area (Å²) in [7, 11) is -2.15. The van der Waals surface area contributed by atoms with Gasteiger partial charge in [0.05, 0.1) is 6.54 Å². The molecule has 0 amide bonds. The largest absolute Gasteiger partial charge is 0.447 e. The number of hydrogen-bond donors (Lipinski definition) is 2. The third kappa shape index (κ3) is 3.44. The fraction of sp³-hybridized carbons (Fsp3) is 0.333. The minimum atomic E-state index is -3.50. The van der Waals surface area contributed by atoms with Gasteiger partial charge >= 0.3 is 0 Å². The fourth-order valence-electron chi connectivity index (χ4n) is 1.59. The van der Waals surface area contributed by atoms with Crippen molar-refractivity contribution in [3.05, 3.63) is 40.3 Å². The van der Waals surface area contributed by atoms with Crippen LogP contribution in [0.3, 0.4) is 0 Å². The van der Waals surface area contributed by atoms with E-state index in [1.54, 1.807) is 17.4 Å². The van der Waals surface area contributed by atoms with Crippen LogP contribution >= 0.6 is 11.3 Å². The first-order chi connectivity index (χ1) is 9.03. The van der Waals surface area contributed by atoms with Crippen LogP contribution in [0.5, 0.6) is 0 Å². The molecule has 0 radical (unpaired) electrons. The van der Waals surface area contributed by atoms with Crippen LogP contribution < -0.4 is 10.0 Å². The Kier molecular flexibility index (Phi) is 4.41. The number of thiophene rings is 1. The Balaban J connectivity index is 1.98. The Labute approximate surface area is 116 Å². The van der Waals surface area contributed by atoms with Crippen LogP contribution in [0.25, 0.3) is 0 Å². The normalized spacial score (nSPS) is 13.6. The van der Waals surface area contributed by atoms with Crippen molar-refractivity contribution >= 4 is 21.4 Å². The average molecular weight is 300 g/mol. The van der Waals surface area contributed by atoms with Gasteiger partial charge in [-0.1, -0.05) is 0 Å². The zero-order valence-corrected chi connectivity index (χ0v) is 12.3. The van der Waals surface area contributed by atoms with Crippen LogP contribution in [-0.2, 0) is 16.6 Å². The smallest absolute Gasteiger partial charge is 0.273 e. The zero-order valence-electron chi connectivity index (χ0n) is 10.7. The summed E-state index contributed by atoms with van der Waals surface area (Å²) in [6.07, 6.45) is 0. The first-order valence-corrected chi connectivity index (χ1v) is 8.23. The van der Waals surface area contributed by atoms with Crippen molar-refractivity contribution in [3.8, 4) is 0 Å². The first kappa shape index (κ1) is 14.3. The monoisotopic (exact) mass is 300 g/mol. The van der Waals surface area contributed by atoms with Crippen molar-refractivity contribution in [3.63, 3.8) is 0 Å². The second-order valence-corrected chi connectivity index (χ2v) is 6.69. The van der Waals surface area contributed by atoms with E-state index in [1.165, 1.54) is 18.7 Å². The van der Waals surface area contributed by atoms with E-state index in [9.17, 15) is 8.42 Å². The van der Waals surface area contributed by atoms with E-state index in [0.29, 0.717) is 12.3 Å². The molecule has 2 heterocycles. The lowest BCUT2D eigenvalue weighted by molar-refractivity contribution is 0.392. The molecule has 0 aliphatic heterocycles. The highest BCUT2D eigenvalue weighted by atomic mass is 32.2. The molecule has 19 heavy (non-hydrogen) atoms. The van der Waals surface area contributed by atoms with E-state index in [-0.39, 0.29) is 11.1 Å². The van der Waals surface area contributed by atoms with Gasteiger partial charge in [-0.3, -0.25) is 0 Å². The maximum absolute atomic E-state index is 11.5. The topological polar surface area (TPSA) is 71.3 Å². The third-order valence-corrected chi connectivity index (χ3v) is 4.78. The second kappa shape index (κ2) is 5.87. The number of nitrogens with one attached hydrogen (secondary N) is 2. The van der Waals surface area contributed by atoms with E-state index >= 15 is 0 Å². The molecular formula is C12H16N2O3S2. The van der Waals surface area contributed by atoms with Crippen molar-refractivity contribution in [1.29, 1.82) is 0 Å². The SMILES string of the molecule is CNS(=O)(=O)c1ccc(CNC(C)c2ccsc2)o1. The van der Waals surface area contributed by atoms with Gasteiger partial charge in [-0.05, 0) is 48.5 Å². The Morgan fingerprint density at radius 3 is 2.79 bits per heavy atom. The molecular weight excluding hydrogens is 284 g/mol. The van der Waals surface area contributed by atoms with Gasteiger partial charge in [-0.15, -0.1) is 0 Å². The lowest BCUT2D eigenvalue weighted by Gasteiger charge is -2.10. The summed E-state index contributed by atoms with van der Waals surface area (Å²) in [4.78, 5) is 0. The van der Waals surface area contributed by atoms with Gasteiger partial charge in [0.2, 0.25) is 5.09 Å². The lowest BCUT2D eigenvalue weighted by atomic mass is 10.2. The van der Waals surface area contributed by atoms with E-state index < -0.39 is 10.0 Å². The average Bonchev–Trinajstić information content (AvgIpc) is 3.07. The highest BCUT2D eigenvalue weighted by Gasteiger charge is 2.16. The molecule has 0 saturated heterocycles. The standard InChI is InChI=1S/C12H16N2O3S2/c1-9(10-5-6-18-8-10)14-7-11-3-4-12(17-11)19(15,16)13-2/h3-6,8-9,13-14H,7H2,1-2H3. The predicted octanol–water partition coefficient (Wildman–Crippen LogP) is 2.10. The van der Waals surface area contributed by atoms with Crippen molar-refractivity contribution in [2.45, 2.75) is 24.6 Å². The molecule has 2 aromatic rings. The van der Waals surface area contributed by atoms with E-state index in [4.69, 9.17) is 4.42 Å². The maximum Gasteiger partial charge on any atom is 0.273 e. The van der Waals surface area contributed by atoms with Crippen molar-refractivity contribution in [2.24, 2.45) is 0 Å². The molecule has 2 rings (SSSR count). The van der Waals surface area contributed by atoms with Crippen molar-refractivity contribution in [1.82, 2.24) is 10.0 Å². The Hall–Kier alpha value is -1.15. The molecule has 2 aromatic heterocycles. The van der Waals surface area contributed by atoms with E-state index in [1.807, 2.05) is 5.38 Å². The summed E-state index contributed by atoms with van der Waals surface area (Å²) in [5.41, 5.74) is 1.21. The van der Waals surface area contributed by atoms with Gasteiger partial charge in [-0.2, -0.15) is 11.3 Å². The Bertz CT molecular complexity index is 617. The minimum absolute atomic E-state index is 0.0602. The van der Waals surface area contributed by atoms with Crippen molar-refractivity contribution in [2.75, 3.05) is 7.05 Å². The fourth-order valence-corrected chi connectivity index (χ4v) is 3.01. The predicted molar refractivity (Wildman–Crippen MR) is 74.5 cm³/mol. The van der Waals surface area contributed by atoms with Crippen LogP contribution in [0, 0.1) is 0 Å². The summed E-state index contributed by atoms with van der Waals surface area (Å²) in [6.45, 7) is 2.53. The van der Waals surface area contributed by atoms with Crippen LogP contribution in [0.15, 0.2) is 38.5 Å². The maximum atomic E-state index is 11.5. The molecule has 0 aliphatic rings. The molecule has 0 fully saturated rings. The molecule has 0 bridgehead atoms. The van der Waals surface area contributed by atoms with Gasteiger partial charge in [0.25, 0.3) is 10.0 Å². The highest BCUT2D eigenvalue weighted by Crippen LogP contribution is 2.17. The summed E-state index contributed by atoms with van der Waals surface area (Å²) in [5.74, 6) is 0.593. The van der Waals surface area contributed by atoms with Gasteiger partial charge in [0.1, 0.15) is 5.76 Å². The molecule has 104 valence electrons. The number of sulfonamides is 1. The molecule has 0 spiro atoms. The summed E-state index contributed by atoms with van der Waals surface area (Å²) in [5, 5.41) is 7.33. The quantitative estimate of drug-likeness (QED) is 0.857. The Morgan fingerprint density at radius 1 is 1.37 bits per heavy atom. The van der Waals surface area contributed by atoms with Crippen LogP contribution in [-0.4, -0.2) is 15.5 Å². The molecule has 5 nitrogen and oxygen atoms in total. The molecule has 0 aromatic carbocycles. The van der Waals surface area contributed by atoms with Gasteiger partial charge in [-0.25, -0.2) is 13.1 Å². The second-order valence-electron chi connectivity index (χ2n) is 4.09. The first-order valence-electron chi connectivity index (χ1n) is 5.80. The van der Waals surface area contributed by atoms with Gasteiger partial charge in [0, 0.05) is 6.04 Å². The number of furan rings is 1. The minimum Gasteiger partial charge on any atom is -0.447 e. The third-order valence-electron chi connectivity index (χ3n) is 2.80. The summed E-state index contributed by atoms with van der Waals surface area (Å²) < 4.78 is 30.5. The highest BCUT2D eigenvalue weighted by molar-refractivity contribution is 7.89. The number of rotatable bonds is 6. The summed E-state index contributed by atoms with van der Waals surface area (Å²) >= 11 is 1.65. The van der Waals surface area contributed by atoms with Gasteiger partial charge < -0.3 is 9.73 Å². The van der Waals surface area contributed by atoms with Crippen molar-refractivity contribution < 1.29 is 12.8 Å². The zero-order chi connectivity index (χ0) is 13.9. The van der Waals surface area contributed by atoms with Crippen LogP contribution in [0.4, 0.5) is 0 Å². The molecule has 0 aliphatic carbocycles. The van der Waals surface area contributed by atoms with E-state index in [0.717, 1.165) is 0 Å². The van der Waals surface area contributed by atoms with Crippen LogP contribution in [0.2, 0.25) is 0 Å². The summed E-state index contributed by atoms with van der Waals surface area (Å²) in [6, 6.07) is 5.37. The molecule has 0 saturated carbocycles. The molecule has 1 unspecified atom stereocenters. The van der Waals surface area contributed by atoms with Gasteiger partial charge in [0.15, 0.2) is 0 Å². The Morgan fingerprint density at radius 2 is 2.16 bits per heavy atom. The lowest BCUT2D eigenvalue weighted by Crippen LogP contribution is -2.18.